The van der Waals surface area contributed by atoms with Gasteiger partial charge in [-0.05, 0) is 31.4 Å². The minimum Gasteiger partial charge on any atom is -0.468 e. The molecule has 1 heterocycles. The molecule has 0 aliphatic carbocycles. The molecule has 2 aromatic rings. The fourth-order valence-corrected chi connectivity index (χ4v) is 1.94. The molecule has 0 bridgehead atoms. The molecule has 0 aliphatic rings. The maximum atomic E-state index is 10.7. The fourth-order valence-electron chi connectivity index (χ4n) is 1.94. The Kier molecular flexibility index (Phi) is 4.60. The quantitative estimate of drug-likeness (QED) is 0.335. The summed E-state index contributed by atoms with van der Waals surface area (Å²) >= 11 is 0. The maximum Gasteiger partial charge on any atom is 0.293 e. The van der Waals surface area contributed by atoms with Crippen LogP contribution in [0.1, 0.15) is 18.5 Å². The molecule has 0 fully saturated rings. The number of fused-ring (bicyclic) bond motifs is 1. The highest BCUT2D eigenvalue weighted by atomic mass is 16.6. The Morgan fingerprint density at radius 3 is 2.80 bits per heavy atom. The van der Waals surface area contributed by atoms with E-state index in [1.54, 1.807) is 6.07 Å². The first-order chi connectivity index (χ1) is 9.70. The van der Waals surface area contributed by atoms with Gasteiger partial charge in [0.05, 0.1) is 17.0 Å². The molecular formula is C14H14N2O4. The highest BCUT2D eigenvalue weighted by Crippen LogP contribution is 2.20. The van der Waals surface area contributed by atoms with Crippen molar-refractivity contribution in [2.24, 2.45) is 0 Å². The number of aryl methyl sites for hydroxylation is 1. The number of unbranched alkanes of at least 4 members (excludes halogenated alkanes) is 1. The Hall–Kier alpha value is -2.50. The summed E-state index contributed by atoms with van der Waals surface area (Å²) in [4.78, 5) is 24.7. The molecule has 0 spiro atoms. The number of nitrogens with zero attached hydrogens (tertiary/aromatic N) is 2. The van der Waals surface area contributed by atoms with Gasteiger partial charge in [-0.15, -0.1) is 0 Å². The first kappa shape index (κ1) is 13.9. The topological polar surface area (TPSA) is 82.3 Å². The molecule has 104 valence electrons. The van der Waals surface area contributed by atoms with Gasteiger partial charge in [-0.1, -0.05) is 6.07 Å². The van der Waals surface area contributed by atoms with E-state index in [9.17, 15) is 14.9 Å². The van der Waals surface area contributed by atoms with Crippen molar-refractivity contribution in [1.82, 2.24) is 4.98 Å². The van der Waals surface area contributed by atoms with Gasteiger partial charge in [0, 0.05) is 23.2 Å². The molecule has 0 unspecified atom stereocenters. The lowest BCUT2D eigenvalue weighted by molar-refractivity contribution is -0.384. The van der Waals surface area contributed by atoms with Crippen molar-refractivity contribution in [3.63, 3.8) is 0 Å². The van der Waals surface area contributed by atoms with Crippen LogP contribution in [0.15, 0.2) is 30.3 Å². The Labute approximate surface area is 115 Å². The highest BCUT2D eigenvalue weighted by Gasteiger charge is 2.07. The largest absolute Gasteiger partial charge is 0.468 e. The lowest BCUT2D eigenvalue weighted by Gasteiger charge is -2.03. The van der Waals surface area contributed by atoms with Crippen LogP contribution in [0.4, 0.5) is 5.69 Å². The summed E-state index contributed by atoms with van der Waals surface area (Å²) in [5.74, 6) is 0. The minimum atomic E-state index is -0.426. The van der Waals surface area contributed by atoms with Gasteiger partial charge in [-0.2, -0.15) is 0 Å². The second kappa shape index (κ2) is 6.60. The third kappa shape index (κ3) is 3.50. The number of hydrogen-bond donors (Lipinski definition) is 0. The molecule has 2 rings (SSSR count). The van der Waals surface area contributed by atoms with Gasteiger partial charge >= 0.3 is 0 Å². The number of nitro groups is 1. The van der Waals surface area contributed by atoms with Gasteiger partial charge in [0.1, 0.15) is 0 Å². The predicted molar refractivity (Wildman–Crippen MR) is 73.4 cm³/mol. The summed E-state index contributed by atoms with van der Waals surface area (Å²) in [6.45, 7) is 0.843. The van der Waals surface area contributed by atoms with E-state index in [-0.39, 0.29) is 5.69 Å². The van der Waals surface area contributed by atoms with Crippen LogP contribution >= 0.6 is 0 Å². The van der Waals surface area contributed by atoms with Gasteiger partial charge < -0.3 is 4.74 Å². The second-order valence-electron chi connectivity index (χ2n) is 4.36. The number of hydrogen-bond acceptors (Lipinski definition) is 5. The monoisotopic (exact) mass is 274 g/mol. The summed E-state index contributed by atoms with van der Waals surface area (Å²) in [7, 11) is 0. The Balaban J connectivity index is 2.07. The maximum absolute atomic E-state index is 10.7. The van der Waals surface area contributed by atoms with E-state index in [0.29, 0.717) is 18.6 Å². The lowest BCUT2D eigenvalue weighted by Crippen LogP contribution is -1.96. The SMILES string of the molecule is O=COCCCCc1ccc2ccc([N+](=O)[O-])cc2n1. The number of benzene rings is 1. The lowest BCUT2D eigenvalue weighted by atomic mass is 10.1. The van der Waals surface area contributed by atoms with Crippen LogP contribution in [0.2, 0.25) is 0 Å². The number of pyridine rings is 1. The smallest absolute Gasteiger partial charge is 0.293 e. The molecule has 0 amide bonds. The van der Waals surface area contributed by atoms with E-state index in [1.165, 1.54) is 12.1 Å². The molecule has 20 heavy (non-hydrogen) atoms. The van der Waals surface area contributed by atoms with E-state index in [1.807, 2.05) is 12.1 Å². The first-order valence-corrected chi connectivity index (χ1v) is 6.30. The van der Waals surface area contributed by atoms with E-state index >= 15 is 0 Å². The van der Waals surface area contributed by atoms with Crippen molar-refractivity contribution in [3.05, 3.63) is 46.1 Å². The van der Waals surface area contributed by atoms with Crippen LogP contribution in [0.3, 0.4) is 0 Å². The minimum absolute atomic E-state index is 0.0431. The van der Waals surface area contributed by atoms with Crippen LogP contribution in [-0.4, -0.2) is 23.0 Å². The van der Waals surface area contributed by atoms with Gasteiger partial charge in [0.15, 0.2) is 0 Å². The van der Waals surface area contributed by atoms with Crippen LogP contribution in [0.25, 0.3) is 10.9 Å². The number of nitro benzene ring substituents is 1. The number of carbonyl (C=O) groups is 1. The molecule has 0 aliphatic heterocycles. The van der Waals surface area contributed by atoms with Gasteiger partial charge in [-0.25, -0.2) is 0 Å². The second-order valence-corrected chi connectivity index (χ2v) is 4.36. The predicted octanol–water partition coefficient (Wildman–Crippen LogP) is 2.64. The summed E-state index contributed by atoms with van der Waals surface area (Å²) in [5, 5.41) is 11.6. The van der Waals surface area contributed by atoms with Crippen molar-refractivity contribution in [1.29, 1.82) is 0 Å². The molecule has 0 atom stereocenters. The Morgan fingerprint density at radius 2 is 2.05 bits per heavy atom. The summed E-state index contributed by atoms with van der Waals surface area (Å²) in [5.41, 5.74) is 1.55. The van der Waals surface area contributed by atoms with E-state index in [4.69, 9.17) is 0 Å². The molecule has 0 saturated carbocycles. The number of rotatable bonds is 7. The van der Waals surface area contributed by atoms with Crippen molar-refractivity contribution in [2.75, 3.05) is 6.61 Å². The molecule has 0 saturated heterocycles. The van der Waals surface area contributed by atoms with Crippen LogP contribution in [0.5, 0.6) is 0 Å². The average molecular weight is 274 g/mol. The van der Waals surface area contributed by atoms with E-state index in [0.717, 1.165) is 30.3 Å². The van der Waals surface area contributed by atoms with Gasteiger partial charge in [0.25, 0.3) is 12.2 Å². The zero-order chi connectivity index (χ0) is 14.4. The number of ether oxygens (including phenoxy) is 1. The molecule has 1 aromatic carbocycles. The molecule has 6 heteroatoms. The number of non-ortho nitro benzene ring substituents is 1. The first-order valence-electron chi connectivity index (χ1n) is 6.30. The molecule has 6 nitrogen and oxygen atoms in total. The van der Waals surface area contributed by atoms with Crippen molar-refractivity contribution < 1.29 is 14.5 Å². The summed E-state index contributed by atoms with van der Waals surface area (Å²) < 4.78 is 4.61. The zero-order valence-corrected chi connectivity index (χ0v) is 10.8. The normalized spacial score (nSPS) is 10.4. The van der Waals surface area contributed by atoms with Crippen molar-refractivity contribution in [2.45, 2.75) is 19.3 Å². The molecular weight excluding hydrogens is 260 g/mol. The van der Waals surface area contributed by atoms with Crippen LogP contribution < -0.4 is 0 Å². The van der Waals surface area contributed by atoms with E-state index in [2.05, 4.69) is 9.72 Å². The number of carbonyl (C=O) groups excluding carboxylic acids is 1. The standard InChI is InChI=1S/C14H14N2O4/c17-10-20-8-2-1-3-12-6-4-11-5-7-13(16(18)19)9-14(11)15-12/h4-7,9-10H,1-3,8H2. The molecule has 1 aromatic heterocycles. The van der Waals surface area contributed by atoms with Crippen LogP contribution in [0, 0.1) is 10.1 Å². The highest BCUT2D eigenvalue weighted by molar-refractivity contribution is 5.80. The van der Waals surface area contributed by atoms with E-state index < -0.39 is 4.92 Å². The Morgan fingerprint density at radius 1 is 1.25 bits per heavy atom. The zero-order valence-electron chi connectivity index (χ0n) is 10.8. The average Bonchev–Trinajstić information content (AvgIpc) is 2.46. The summed E-state index contributed by atoms with van der Waals surface area (Å²) in [6.07, 6.45) is 2.37. The summed E-state index contributed by atoms with van der Waals surface area (Å²) in [6, 6.07) is 8.47. The third-order valence-electron chi connectivity index (χ3n) is 2.96. The number of aromatic nitrogens is 1. The Bertz CT molecular complexity index is 628. The molecule has 0 N–H and O–H groups in total. The van der Waals surface area contributed by atoms with Gasteiger partial charge in [0.2, 0.25) is 0 Å². The van der Waals surface area contributed by atoms with Crippen molar-refractivity contribution in [3.8, 4) is 0 Å². The van der Waals surface area contributed by atoms with Gasteiger partial charge in [-0.3, -0.25) is 19.9 Å². The van der Waals surface area contributed by atoms with Crippen LogP contribution in [-0.2, 0) is 16.0 Å². The van der Waals surface area contributed by atoms with Crippen molar-refractivity contribution >= 4 is 23.1 Å². The molecule has 0 radical (unpaired) electrons. The third-order valence-corrected chi connectivity index (χ3v) is 2.96. The fraction of sp³-hybridized carbons (Fsp3) is 0.286.